The standard InChI is InChI=1S/C8H11NO/c10-5-8-7-3-1-2-6(7)4-9-8/h4,9-10H,1-3,5H2. The van der Waals surface area contributed by atoms with Crippen molar-refractivity contribution >= 4 is 0 Å². The minimum Gasteiger partial charge on any atom is -0.390 e. The van der Waals surface area contributed by atoms with Crippen LogP contribution in [0.2, 0.25) is 0 Å². The molecule has 0 aromatic carbocycles. The lowest BCUT2D eigenvalue weighted by Crippen LogP contribution is -1.87. The second-order valence-corrected chi connectivity index (χ2v) is 2.78. The van der Waals surface area contributed by atoms with Crippen molar-refractivity contribution < 1.29 is 5.11 Å². The topological polar surface area (TPSA) is 36.0 Å². The van der Waals surface area contributed by atoms with Gasteiger partial charge < -0.3 is 10.1 Å². The minimum absolute atomic E-state index is 0.162. The molecule has 10 heavy (non-hydrogen) atoms. The van der Waals surface area contributed by atoms with Crippen molar-refractivity contribution in [2.24, 2.45) is 0 Å². The molecule has 1 heterocycles. The van der Waals surface area contributed by atoms with Crippen molar-refractivity contribution in [2.45, 2.75) is 25.9 Å². The summed E-state index contributed by atoms with van der Waals surface area (Å²) in [6.07, 6.45) is 5.61. The van der Waals surface area contributed by atoms with Crippen LogP contribution in [-0.4, -0.2) is 10.1 Å². The Kier molecular flexibility index (Phi) is 1.27. The van der Waals surface area contributed by atoms with Crippen molar-refractivity contribution in [3.05, 3.63) is 23.0 Å². The predicted octanol–water partition coefficient (Wildman–Crippen LogP) is 0.996. The van der Waals surface area contributed by atoms with Crippen LogP contribution in [0.1, 0.15) is 23.2 Å². The highest BCUT2D eigenvalue weighted by molar-refractivity contribution is 5.34. The van der Waals surface area contributed by atoms with Gasteiger partial charge in [0.05, 0.1) is 6.61 Å². The number of aryl methyl sites for hydroxylation is 1. The average molecular weight is 137 g/mol. The van der Waals surface area contributed by atoms with Gasteiger partial charge in [0.1, 0.15) is 0 Å². The average Bonchev–Trinajstić information content (AvgIpc) is 2.44. The molecule has 1 aromatic rings. The molecular weight excluding hydrogens is 126 g/mol. The van der Waals surface area contributed by atoms with Gasteiger partial charge >= 0.3 is 0 Å². The van der Waals surface area contributed by atoms with E-state index >= 15 is 0 Å². The van der Waals surface area contributed by atoms with Gasteiger partial charge in [0.25, 0.3) is 0 Å². The van der Waals surface area contributed by atoms with E-state index in [0.717, 1.165) is 12.1 Å². The van der Waals surface area contributed by atoms with E-state index in [-0.39, 0.29) is 6.61 Å². The van der Waals surface area contributed by atoms with Gasteiger partial charge in [0.2, 0.25) is 0 Å². The molecule has 0 aliphatic heterocycles. The second kappa shape index (κ2) is 2.13. The summed E-state index contributed by atoms with van der Waals surface area (Å²) in [5, 5.41) is 8.86. The van der Waals surface area contributed by atoms with Crippen LogP contribution in [0.5, 0.6) is 0 Å². The fraction of sp³-hybridized carbons (Fsp3) is 0.500. The molecule has 2 nitrogen and oxygen atoms in total. The zero-order chi connectivity index (χ0) is 6.97. The largest absolute Gasteiger partial charge is 0.390 e. The summed E-state index contributed by atoms with van der Waals surface area (Å²) in [7, 11) is 0. The number of aromatic amines is 1. The molecule has 1 aliphatic carbocycles. The number of hydrogen-bond donors (Lipinski definition) is 2. The van der Waals surface area contributed by atoms with E-state index in [4.69, 9.17) is 5.11 Å². The number of rotatable bonds is 1. The Bertz CT molecular complexity index is 239. The van der Waals surface area contributed by atoms with Crippen LogP contribution in [0.3, 0.4) is 0 Å². The molecule has 0 atom stereocenters. The Balaban J connectivity index is 2.44. The maximum absolute atomic E-state index is 8.86. The molecule has 0 unspecified atom stereocenters. The van der Waals surface area contributed by atoms with E-state index in [0.29, 0.717) is 0 Å². The van der Waals surface area contributed by atoms with Gasteiger partial charge in [-0.05, 0) is 30.4 Å². The summed E-state index contributed by atoms with van der Waals surface area (Å²) in [6.45, 7) is 0.162. The lowest BCUT2D eigenvalue weighted by atomic mass is 10.2. The summed E-state index contributed by atoms with van der Waals surface area (Å²) in [4.78, 5) is 3.08. The fourth-order valence-electron chi connectivity index (χ4n) is 1.67. The van der Waals surface area contributed by atoms with Crippen LogP contribution in [0, 0.1) is 0 Å². The smallest absolute Gasteiger partial charge is 0.0833 e. The van der Waals surface area contributed by atoms with Gasteiger partial charge in [-0.1, -0.05) is 0 Å². The number of fused-ring (bicyclic) bond motifs is 1. The molecule has 0 saturated heterocycles. The molecule has 2 heteroatoms. The minimum atomic E-state index is 0.162. The lowest BCUT2D eigenvalue weighted by Gasteiger charge is -1.93. The van der Waals surface area contributed by atoms with Crippen molar-refractivity contribution in [1.29, 1.82) is 0 Å². The van der Waals surface area contributed by atoms with Crippen LogP contribution in [-0.2, 0) is 19.4 Å². The number of H-pyrrole nitrogens is 1. The van der Waals surface area contributed by atoms with Gasteiger partial charge in [-0.25, -0.2) is 0 Å². The lowest BCUT2D eigenvalue weighted by molar-refractivity contribution is 0.276. The molecular formula is C8H11NO. The number of aromatic nitrogens is 1. The van der Waals surface area contributed by atoms with E-state index in [2.05, 4.69) is 4.98 Å². The number of hydrogen-bond acceptors (Lipinski definition) is 1. The molecule has 0 spiro atoms. The Hall–Kier alpha value is -0.760. The first kappa shape index (κ1) is 5.98. The first-order valence-corrected chi connectivity index (χ1v) is 3.70. The SMILES string of the molecule is OCc1[nH]cc2c1CCC2. The molecule has 54 valence electrons. The monoisotopic (exact) mass is 137 g/mol. The third-order valence-electron chi connectivity index (χ3n) is 2.20. The van der Waals surface area contributed by atoms with Crippen molar-refractivity contribution in [3.8, 4) is 0 Å². The molecule has 2 N–H and O–H groups in total. The van der Waals surface area contributed by atoms with Gasteiger partial charge in [-0.3, -0.25) is 0 Å². The number of aliphatic hydroxyl groups excluding tert-OH is 1. The maximum Gasteiger partial charge on any atom is 0.0833 e. The highest BCUT2D eigenvalue weighted by Crippen LogP contribution is 2.24. The Morgan fingerprint density at radius 3 is 3.20 bits per heavy atom. The molecule has 1 aliphatic rings. The quantitative estimate of drug-likeness (QED) is 0.595. The van der Waals surface area contributed by atoms with Crippen molar-refractivity contribution in [1.82, 2.24) is 4.98 Å². The molecule has 2 rings (SSSR count). The van der Waals surface area contributed by atoms with Crippen molar-refractivity contribution in [2.75, 3.05) is 0 Å². The molecule has 1 aromatic heterocycles. The first-order chi connectivity index (χ1) is 4.92. The summed E-state index contributed by atoms with van der Waals surface area (Å²) >= 11 is 0. The van der Waals surface area contributed by atoms with E-state index < -0.39 is 0 Å². The third kappa shape index (κ3) is 0.688. The first-order valence-electron chi connectivity index (χ1n) is 3.70. The van der Waals surface area contributed by atoms with E-state index in [1.807, 2.05) is 6.20 Å². The number of aliphatic hydroxyl groups is 1. The molecule has 0 radical (unpaired) electrons. The molecule has 0 amide bonds. The Labute approximate surface area is 59.9 Å². The summed E-state index contributed by atoms with van der Waals surface area (Å²) < 4.78 is 0. The molecule has 0 fully saturated rings. The van der Waals surface area contributed by atoms with Crippen LogP contribution < -0.4 is 0 Å². The van der Waals surface area contributed by atoms with E-state index in [1.165, 1.54) is 24.0 Å². The molecule has 0 bridgehead atoms. The number of nitrogens with one attached hydrogen (secondary N) is 1. The van der Waals surface area contributed by atoms with Gasteiger partial charge in [-0.15, -0.1) is 0 Å². The summed E-state index contributed by atoms with van der Waals surface area (Å²) in [5.41, 5.74) is 3.79. The summed E-state index contributed by atoms with van der Waals surface area (Å²) in [6, 6.07) is 0. The van der Waals surface area contributed by atoms with E-state index in [9.17, 15) is 0 Å². The van der Waals surface area contributed by atoms with Crippen LogP contribution in [0.15, 0.2) is 6.20 Å². The maximum atomic E-state index is 8.86. The van der Waals surface area contributed by atoms with Gasteiger partial charge in [0, 0.05) is 11.9 Å². The highest BCUT2D eigenvalue weighted by atomic mass is 16.3. The van der Waals surface area contributed by atoms with Crippen LogP contribution >= 0.6 is 0 Å². The Morgan fingerprint density at radius 2 is 2.40 bits per heavy atom. The Morgan fingerprint density at radius 1 is 1.50 bits per heavy atom. The third-order valence-corrected chi connectivity index (χ3v) is 2.20. The van der Waals surface area contributed by atoms with Gasteiger partial charge in [0.15, 0.2) is 0 Å². The summed E-state index contributed by atoms with van der Waals surface area (Å²) in [5.74, 6) is 0. The predicted molar refractivity (Wildman–Crippen MR) is 38.7 cm³/mol. The van der Waals surface area contributed by atoms with Crippen molar-refractivity contribution in [3.63, 3.8) is 0 Å². The zero-order valence-electron chi connectivity index (χ0n) is 5.85. The second-order valence-electron chi connectivity index (χ2n) is 2.78. The zero-order valence-corrected chi connectivity index (χ0v) is 5.85. The molecule has 0 saturated carbocycles. The van der Waals surface area contributed by atoms with E-state index in [1.54, 1.807) is 0 Å². The van der Waals surface area contributed by atoms with Crippen LogP contribution in [0.25, 0.3) is 0 Å². The van der Waals surface area contributed by atoms with Crippen LogP contribution in [0.4, 0.5) is 0 Å². The fourth-order valence-corrected chi connectivity index (χ4v) is 1.67. The van der Waals surface area contributed by atoms with Gasteiger partial charge in [-0.2, -0.15) is 0 Å². The normalized spacial score (nSPS) is 15.7. The highest BCUT2D eigenvalue weighted by Gasteiger charge is 2.15.